The van der Waals surface area contributed by atoms with Gasteiger partial charge in [0.25, 0.3) is 5.56 Å². The zero-order valence-corrected chi connectivity index (χ0v) is 20.8. The van der Waals surface area contributed by atoms with Crippen molar-refractivity contribution < 1.29 is 19.0 Å². The maximum absolute atomic E-state index is 13.4. The molecule has 1 amide bonds. The number of nitrogens with zero attached hydrogens (tertiary/aromatic N) is 2. The van der Waals surface area contributed by atoms with Crippen molar-refractivity contribution in [2.24, 2.45) is 0 Å². The Labute approximate surface area is 209 Å². The summed E-state index contributed by atoms with van der Waals surface area (Å²) < 4.78 is 18.3. The fourth-order valence-electron chi connectivity index (χ4n) is 3.75. The van der Waals surface area contributed by atoms with Crippen molar-refractivity contribution in [2.75, 3.05) is 19.2 Å². The lowest BCUT2D eigenvalue weighted by molar-refractivity contribution is -0.115. The van der Waals surface area contributed by atoms with E-state index in [1.165, 1.54) is 23.1 Å². The van der Waals surface area contributed by atoms with E-state index < -0.39 is 5.25 Å². The summed E-state index contributed by atoms with van der Waals surface area (Å²) in [7, 11) is 1.58. The first-order chi connectivity index (χ1) is 17.1. The molecule has 10 heteroatoms. The molecule has 35 heavy (non-hydrogen) atoms. The van der Waals surface area contributed by atoms with Gasteiger partial charge in [0, 0.05) is 11.8 Å². The molecule has 0 saturated heterocycles. The van der Waals surface area contributed by atoms with Gasteiger partial charge in [-0.2, -0.15) is 0 Å². The number of hydrogen-bond donors (Lipinski definition) is 1. The number of carbonyl (C=O) groups excluding carboxylic acids is 1. The van der Waals surface area contributed by atoms with Crippen LogP contribution in [0.15, 0.2) is 63.9 Å². The third kappa shape index (κ3) is 4.85. The lowest BCUT2D eigenvalue weighted by atomic mass is 10.2. The average molecular weight is 510 g/mol. The molecule has 0 unspecified atom stereocenters. The Kier molecular flexibility index (Phi) is 6.65. The second-order valence-corrected chi connectivity index (χ2v) is 9.93. The van der Waals surface area contributed by atoms with E-state index in [0.717, 1.165) is 5.56 Å². The number of carbonyl (C=O) groups is 1. The first-order valence-corrected chi connectivity index (χ1v) is 12.8. The van der Waals surface area contributed by atoms with Gasteiger partial charge in [-0.05, 0) is 47.7 Å². The SMILES string of the molecule is CC[C@@H](Sc1nc2ccsc2c(=O)n1Cc1ccc2c(c1)OCO2)C(=O)Nc1cccc(OC)c1. The van der Waals surface area contributed by atoms with Crippen LogP contribution in [0.3, 0.4) is 0 Å². The second kappa shape index (κ2) is 10.0. The minimum absolute atomic E-state index is 0.131. The standard InChI is InChI=1S/C25H23N3O5S2/c1-3-21(23(29)26-16-5-4-6-17(12-16)31-2)35-25-27-18-9-10-34-22(18)24(30)28(25)13-15-7-8-19-20(11-15)33-14-32-19/h4-12,21H,3,13-14H2,1-2H3,(H,26,29)/t21-/m1/s1. The largest absolute Gasteiger partial charge is 0.497 e. The fourth-order valence-corrected chi connectivity index (χ4v) is 5.54. The number of hydrogen-bond acceptors (Lipinski definition) is 8. The number of benzene rings is 2. The molecule has 0 aliphatic carbocycles. The molecule has 0 radical (unpaired) electrons. The van der Waals surface area contributed by atoms with E-state index in [-0.39, 0.29) is 18.3 Å². The average Bonchev–Trinajstić information content (AvgIpc) is 3.54. The van der Waals surface area contributed by atoms with Gasteiger partial charge < -0.3 is 19.5 Å². The van der Waals surface area contributed by atoms with Gasteiger partial charge in [0.2, 0.25) is 12.7 Å². The van der Waals surface area contributed by atoms with Crippen molar-refractivity contribution >= 4 is 44.9 Å². The maximum Gasteiger partial charge on any atom is 0.272 e. The number of aromatic nitrogens is 2. The van der Waals surface area contributed by atoms with Gasteiger partial charge in [-0.25, -0.2) is 4.98 Å². The first-order valence-electron chi connectivity index (χ1n) is 11.0. The molecule has 1 aliphatic rings. The van der Waals surface area contributed by atoms with E-state index >= 15 is 0 Å². The quantitative estimate of drug-likeness (QED) is 0.271. The summed E-state index contributed by atoms with van der Waals surface area (Å²) in [6, 6.07) is 14.6. The fraction of sp³-hybridized carbons (Fsp3) is 0.240. The molecular formula is C25H23N3O5S2. The number of amides is 1. The molecule has 5 rings (SSSR count). The predicted molar refractivity (Wildman–Crippen MR) is 137 cm³/mol. The smallest absolute Gasteiger partial charge is 0.272 e. The highest BCUT2D eigenvalue weighted by Crippen LogP contribution is 2.33. The van der Waals surface area contributed by atoms with Crippen LogP contribution in [0.2, 0.25) is 0 Å². The van der Waals surface area contributed by atoms with Crippen LogP contribution in [0.5, 0.6) is 17.2 Å². The second-order valence-electron chi connectivity index (χ2n) is 7.84. The lowest BCUT2D eigenvalue weighted by Crippen LogP contribution is -2.28. The van der Waals surface area contributed by atoms with E-state index in [9.17, 15) is 9.59 Å². The van der Waals surface area contributed by atoms with Crippen molar-refractivity contribution in [3.8, 4) is 17.2 Å². The van der Waals surface area contributed by atoms with Gasteiger partial charge in [0.1, 0.15) is 10.4 Å². The number of thioether (sulfide) groups is 1. The number of thiophene rings is 1. The van der Waals surface area contributed by atoms with Crippen LogP contribution < -0.4 is 25.1 Å². The van der Waals surface area contributed by atoms with Crippen LogP contribution in [0.25, 0.3) is 10.2 Å². The molecule has 1 N–H and O–H groups in total. The number of ether oxygens (including phenoxy) is 3. The summed E-state index contributed by atoms with van der Waals surface area (Å²) in [5, 5.41) is 4.84. The highest BCUT2D eigenvalue weighted by Gasteiger charge is 2.23. The number of fused-ring (bicyclic) bond motifs is 2. The lowest BCUT2D eigenvalue weighted by Gasteiger charge is -2.18. The predicted octanol–water partition coefficient (Wildman–Crippen LogP) is 4.75. The maximum atomic E-state index is 13.4. The van der Waals surface area contributed by atoms with Crippen molar-refractivity contribution in [2.45, 2.75) is 30.3 Å². The topological polar surface area (TPSA) is 91.7 Å². The van der Waals surface area contributed by atoms with Crippen molar-refractivity contribution in [3.63, 3.8) is 0 Å². The van der Waals surface area contributed by atoms with Crippen LogP contribution >= 0.6 is 23.1 Å². The van der Waals surface area contributed by atoms with E-state index in [1.807, 2.05) is 54.8 Å². The van der Waals surface area contributed by atoms with Crippen molar-refractivity contribution in [3.05, 3.63) is 69.8 Å². The molecule has 4 aromatic rings. The summed E-state index contributed by atoms with van der Waals surface area (Å²) in [6.45, 7) is 2.42. The summed E-state index contributed by atoms with van der Waals surface area (Å²) in [6.07, 6.45) is 0.558. The minimum atomic E-state index is -0.452. The van der Waals surface area contributed by atoms with Gasteiger partial charge in [0.05, 0.1) is 24.4 Å². The third-order valence-corrected chi connectivity index (χ3v) is 7.80. The summed E-state index contributed by atoms with van der Waals surface area (Å²) in [5.41, 5.74) is 2.03. The molecule has 0 spiro atoms. The number of rotatable bonds is 8. The van der Waals surface area contributed by atoms with Crippen LogP contribution in [0.1, 0.15) is 18.9 Å². The highest BCUT2D eigenvalue weighted by molar-refractivity contribution is 8.00. The highest BCUT2D eigenvalue weighted by atomic mass is 32.2. The molecule has 0 saturated carbocycles. The molecule has 1 atom stereocenters. The molecule has 3 heterocycles. The molecule has 1 aliphatic heterocycles. The summed E-state index contributed by atoms with van der Waals surface area (Å²) in [5.74, 6) is 1.83. The Morgan fingerprint density at radius 3 is 2.91 bits per heavy atom. The Morgan fingerprint density at radius 2 is 2.09 bits per heavy atom. The van der Waals surface area contributed by atoms with Crippen LogP contribution in [-0.4, -0.2) is 34.6 Å². The molecule has 180 valence electrons. The van der Waals surface area contributed by atoms with Crippen molar-refractivity contribution in [1.29, 1.82) is 0 Å². The van der Waals surface area contributed by atoms with Gasteiger partial charge in [-0.15, -0.1) is 11.3 Å². The van der Waals surface area contributed by atoms with Crippen LogP contribution in [0, 0.1) is 0 Å². The van der Waals surface area contributed by atoms with E-state index in [2.05, 4.69) is 5.32 Å². The molecule has 2 aromatic heterocycles. The molecular weight excluding hydrogens is 486 g/mol. The Balaban J connectivity index is 1.45. The molecule has 0 bridgehead atoms. The normalized spacial score (nSPS) is 13.1. The monoisotopic (exact) mass is 509 g/mol. The van der Waals surface area contributed by atoms with E-state index in [4.69, 9.17) is 19.2 Å². The minimum Gasteiger partial charge on any atom is -0.497 e. The van der Waals surface area contributed by atoms with Crippen molar-refractivity contribution in [1.82, 2.24) is 9.55 Å². The summed E-state index contributed by atoms with van der Waals surface area (Å²) in [4.78, 5) is 31.3. The van der Waals surface area contributed by atoms with Crippen LogP contribution in [-0.2, 0) is 11.3 Å². The molecule has 0 fully saturated rings. The Morgan fingerprint density at radius 1 is 1.23 bits per heavy atom. The third-order valence-electron chi connectivity index (χ3n) is 5.56. The zero-order valence-electron chi connectivity index (χ0n) is 19.1. The number of methoxy groups -OCH3 is 1. The molecule has 2 aromatic carbocycles. The Hall–Kier alpha value is -3.50. The summed E-state index contributed by atoms with van der Waals surface area (Å²) >= 11 is 2.65. The zero-order chi connectivity index (χ0) is 24.4. The van der Waals surface area contributed by atoms with Gasteiger partial charge in [-0.1, -0.05) is 30.8 Å². The van der Waals surface area contributed by atoms with Crippen LogP contribution in [0.4, 0.5) is 5.69 Å². The van der Waals surface area contributed by atoms with E-state index in [1.54, 1.807) is 17.7 Å². The Bertz CT molecular complexity index is 1450. The first kappa shape index (κ1) is 23.3. The molecule has 8 nitrogen and oxygen atoms in total. The van der Waals surface area contributed by atoms with Gasteiger partial charge in [-0.3, -0.25) is 14.2 Å². The van der Waals surface area contributed by atoms with Gasteiger partial charge in [0.15, 0.2) is 16.7 Å². The number of nitrogens with one attached hydrogen (secondary N) is 1. The van der Waals surface area contributed by atoms with Gasteiger partial charge >= 0.3 is 0 Å². The van der Waals surface area contributed by atoms with E-state index in [0.29, 0.717) is 51.3 Å². The number of anilines is 1.